The molecule has 228 valence electrons. The Morgan fingerprint density at radius 2 is 1.84 bits per heavy atom. The number of halogens is 2. The Labute approximate surface area is 254 Å². The van der Waals surface area contributed by atoms with Crippen LogP contribution < -0.4 is 33.9 Å². The van der Waals surface area contributed by atoms with Gasteiger partial charge in [-0.05, 0) is 87.5 Å². The molecule has 0 saturated heterocycles. The van der Waals surface area contributed by atoms with Crippen LogP contribution in [-0.4, -0.2) is 45.6 Å². The van der Waals surface area contributed by atoms with Crippen LogP contribution in [0.3, 0.4) is 0 Å². The van der Waals surface area contributed by atoms with Crippen LogP contribution in [-0.2, 0) is 6.42 Å². The monoisotopic (exact) mass is 608 g/mol. The van der Waals surface area contributed by atoms with Crippen molar-refractivity contribution in [3.8, 4) is 16.9 Å². The van der Waals surface area contributed by atoms with Crippen LogP contribution in [0.1, 0.15) is 50.3 Å². The number of nitrogens with zero attached hydrogens (tertiary/aromatic N) is 4. The van der Waals surface area contributed by atoms with E-state index in [0.29, 0.717) is 40.9 Å². The minimum atomic E-state index is -0.546. The molecule has 2 aromatic heterocycles. The van der Waals surface area contributed by atoms with Gasteiger partial charge in [0, 0.05) is 29.7 Å². The zero-order chi connectivity index (χ0) is 31.1. The van der Waals surface area contributed by atoms with Crippen molar-refractivity contribution in [2.45, 2.75) is 51.6 Å². The van der Waals surface area contributed by atoms with Gasteiger partial charge >= 0.3 is 5.69 Å². The van der Waals surface area contributed by atoms with Crippen LogP contribution in [0.25, 0.3) is 28.0 Å². The van der Waals surface area contributed by atoms with Gasteiger partial charge < -0.3 is 33.2 Å². The van der Waals surface area contributed by atoms with Crippen molar-refractivity contribution in [1.82, 2.24) is 19.9 Å². The number of aryl methyl sites for hydroxylation is 1. The Balaban J connectivity index is 1.51. The number of benzene rings is 2. The van der Waals surface area contributed by atoms with E-state index in [4.69, 9.17) is 34.5 Å². The van der Waals surface area contributed by atoms with E-state index in [2.05, 4.69) is 32.2 Å². The number of nitrogens with two attached hydrogens (primary N) is 4. The standard InChI is InChI=1S/C30H38ClFN10O/c1-17(39-29(35)36)5-3-6-19-13-23(26(32)24(31)14-19)25-15-21-16-42(30(43)41-27(21)40-25)22-9-7-20(8-10-22)18(2)37-11-4-12-38-28(33)34/h7-10,13-18,37H,3-6,11-12H2,1-2H3,(H4,33,34,38)(H4,35,36,39)(H,40,41,43)/t17-,18-/m0/s1. The molecule has 10 N–H and O–H groups in total. The molecule has 0 fully saturated rings. The summed E-state index contributed by atoms with van der Waals surface area (Å²) in [6.07, 6.45) is 4.73. The largest absolute Gasteiger partial charge is 0.370 e. The minimum Gasteiger partial charge on any atom is -0.370 e. The number of H-pyrrole nitrogens is 1. The second-order valence-electron chi connectivity index (χ2n) is 10.5. The second-order valence-corrected chi connectivity index (χ2v) is 10.9. The van der Waals surface area contributed by atoms with Crippen LogP contribution >= 0.6 is 11.6 Å². The molecule has 0 unspecified atom stereocenters. The molecule has 0 aliphatic carbocycles. The fraction of sp³-hybridized carbons (Fsp3) is 0.333. The predicted molar refractivity (Wildman–Crippen MR) is 172 cm³/mol. The smallest absolute Gasteiger partial charge is 0.354 e. The lowest BCUT2D eigenvalue weighted by Gasteiger charge is -2.15. The lowest BCUT2D eigenvalue weighted by molar-refractivity contribution is 0.562. The Morgan fingerprint density at radius 3 is 2.53 bits per heavy atom. The summed E-state index contributed by atoms with van der Waals surface area (Å²) in [6.45, 7) is 5.31. The number of hydrogen-bond donors (Lipinski definition) is 6. The van der Waals surface area contributed by atoms with Crippen LogP contribution in [0.2, 0.25) is 5.02 Å². The van der Waals surface area contributed by atoms with Crippen LogP contribution in [0, 0.1) is 5.82 Å². The fourth-order valence-corrected chi connectivity index (χ4v) is 5.12. The fourth-order valence-electron chi connectivity index (χ4n) is 4.88. The van der Waals surface area contributed by atoms with Crippen molar-refractivity contribution in [2.75, 3.05) is 13.1 Å². The normalized spacial score (nSPS) is 12.7. The Hall–Kier alpha value is -4.42. The highest BCUT2D eigenvalue weighted by atomic mass is 35.5. The molecule has 0 bridgehead atoms. The molecular formula is C30H38ClFN10O. The molecule has 0 saturated carbocycles. The zero-order valence-corrected chi connectivity index (χ0v) is 25.0. The summed E-state index contributed by atoms with van der Waals surface area (Å²) < 4.78 is 16.6. The molecule has 4 aromatic rings. The van der Waals surface area contributed by atoms with Gasteiger partial charge in [0.15, 0.2) is 17.7 Å². The summed E-state index contributed by atoms with van der Waals surface area (Å²) in [7, 11) is 0. The molecule has 0 spiro atoms. The molecule has 0 aliphatic rings. The van der Waals surface area contributed by atoms with Gasteiger partial charge in [-0.1, -0.05) is 23.7 Å². The number of aromatic amines is 1. The maximum atomic E-state index is 15.2. The Bertz CT molecular complexity index is 1670. The third-order valence-corrected chi connectivity index (χ3v) is 7.37. The maximum Gasteiger partial charge on any atom is 0.354 e. The summed E-state index contributed by atoms with van der Waals surface area (Å²) in [6, 6.07) is 12.9. The van der Waals surface area contributed by atoms with Gasteiger partial charge in [0.1, 0.15) is 5.65 Å². The van der Waals surface area contributed by atoms with Crippen LogP contribution in [0.5, 0.6) is 0 Å². The third-order valence-electron chi connectivity index (χ3n) is 7.09. The van der Waals surface area contributed by atoms with Crippen molar-refractivity contribution < 1.29 is 4.39 Å². The van der Waals surface area contributed by atoms with Crippen molar-refractivity contribution >= 4 is 34.6 Å². The first kappa shape index (κ1) is 31.5. The van der Waals surface area contributed by atoms with Crippen molar-refractivity contribution in [3.05, 3.63) is 81.1 Å². The zero-order valence-electron chi connectivity index (χ0n) is 24.3. The van der Waals surface area contributed by atoms with Crippen LogP contribution in [0.4, 0.5) is 4.39 Å². The van der Waals surface area contributed by atoms with E-state index in [-0.39, 0.29) is 29.0 Å². The Morgan fingerprint density at radius 1 is 1.09 bits per heavy atom. The van der Waals surface area contributed by atoms with Gasteiger partial charge in [0.25, 0.3) is 0 Å². The van der Waals surface area contributed by atoms with Crippen molar-refractivity contribution in [3.63, 3.8) is 0 Å². The van der Waals surface area contributed by atoms with Crippen molar-refractivity contribution in [1.29, 1.82) is 0 Å². The number of nitrogens with one attached hydrogen (secondary N) is 2. The molecule has 0 amide bonds. The summed E-state index contributed by atoms with van der Waals surface area (Å²) in [4.78, 5) is 28.3. The summed E-state index contributed by atoms with van der Waals surface area (Å²) in [5.74, 6) is -0.399. The molecule has 11 nitrogen and oxygen atoms in total. The highest BCUT2D eigenvalue weighted by molar-refractivity contribution is 6.31. The summed E-state index contributed by atoms with van der Waals surface area (Å²) in [5, 5.41) is 4.11. The van der Waals surface area contributed by atoms with E-state index in [1.54, 1.807) is 24.4 Å². The second kappa shape index (κ2) is 14.2. The number of aliphatic imine (C=N–C) groups is 2. The number of rotatable bonds is 13. The van der Waals surface area contributed by atoms with E-state index in [1.807, 2.05) is 31.2 Å². The quantitative estimate of drug-likeness (QED) is 0.0760. The van der Waals surface area contributed by atoms with E-state index in [9.17, 15) is 4.79 Å². The van der Waals surface area contributed by atoms with Crippen LogP contribution in [0.15, 0.2) is 63.4 Å². The lowest BCUT2D eigenvalue weighted by Crippen LogP contribution is -2.24. The van der Waals surface area contributed by atoms with Gasteiger partial charge in [-0.25, -0.2) is 9.18 Å². The van der Waals surface area contributed by atoms with E-state index in [0.717, 1.165) is 36.9 Å². The molecule has 2 aromatic carbocycles. The van der Waals surface area contributed by atoms with Gasteiger partial charge in [-0.15, -0.1) is 0 Å². The topological polar surface area (TPSA) is 192 Å². The van der Waals surface area contributed by atoms with Gasteiger partial charge in [0.05, 0.1) is 22.4 Å². The summed E-state index contributed by atoms with van der Waals surface area (Å²) in [5.41, 5.74) is 24.9. The molecular weight excluding hydrogens is 571 g/mol. The highest BCUT2D eigenvalue weighted by Gasteiger charge is 2.16. The summed E-state index contributed by atoms with van der Waals surface area (Å²) >= 11 is 6.26. The SMILES string of the molecule is C[C@H](NCCCN=C(N)N)c1ccc(-n2cc3cc(-c4cc(CCC[C@H](C)N=C(N)N)cc(Cl)c4F)[nH]c3nc2=O)cc1. The minimum absolute atomic E-state index is 0.0164. The van der Waals surface area contributed by atoms with E-state index >= 15 is 4.39 Å². The molecule has 4 rings (SSSR count). The molecule has 0 radical (unpaired) electrons. The first-order chi connectivity index (χ1) is 20.5. The van der Waals surface area contributed by atoms with Gasteiger partial charge in [-0.2, -0.15) is 4.98 Å². The third kappa shape index (κ3) is 8.33. The maximum absolute atomic E-state index is 15.2. The number of fused-ring (bicyclic) bond motifs is 1. The van der Waals surface area contributed by atoms with E-state index < -0.39 is 11.5 Å². The lowest BCUT2D eigenvalue weighted by atomic mass is 10.0. The first-order valence-corrected chi connectivity index (χ1v) is 14.5. The van der Waals surface area contributed by atoms with Gasteiger partial charge in [0.2, 0.25) is 0 Å². The molecule has 0 aliphatic heterocycles. The highest BCUT2D eigenvalue weighted by Crippen LogP contribution is 2.31. The average Bonchev–Trinajstić information content (AvgIpc) is 3.36. The van der Waals surface area contributed by atoms with Crippen molar-refractivity contribution in [2.24, 2.45) is 32.9 Å². The molecule has 2 heterocycles. The number of aromatic nitrogens is 3. The first-order valence-electron chi connectivity index (χ1n) is 14.1. The van der Waals surface area contributed by atoms with Gasteiger partial charge in [-0.3, -0.25) is 14.6 Å². The molecule has 13 heteroatoms. The predicted octanol–water partition coefficient (Wildman–Crippen LogP) is 3.47. The Kier molecular flexibility index (Phi) is 10.4. The molecule has 43 heavy (non-hydrogen) atoms. The van der Waals surface area contributed by atoms with E-state index in [1.165, 1.54) is 4.57 Å². The number of guanidine groups is 2. The molecule has 2 atom stereocenters. The average molecular weight is 609 g/mol. The number of hydrogen-bond acceptors (Lipinski definition) is 5.